The molecule has 1 atom stereocenters. The molecule has 1 spiro atoms. The summed E-state index contributed by atoms with van der Waals surface area (Å²) in [6.45, 7) is 4.97. The molecule has 2 aliphatic heterocycles. The maximum absolute atomic E-state index is 12.1. The molecule has 0 bridgehead atoms. The van der Waals surface area contributed by atoms with E-state index in [-0.39, 0.29) is 11.2 Å². The van der Waals surface area contributed by atoms with Crippen molar-refractivity contribution in [3.63, 3.8) is 0 Å². The Balaban J connectivity index is 1.43. The topological polar surface area (TPSA) is 78.5 Å². The highest BCUT2D eigenvalue weighted by atomic mass is 32.1. The number of piperidine rings is 1. The van der Waals surface area contributed by atoms with Crippen molar-refractivity contribution in [2.24, 2.45) is 0 Å². The van der Waals surface area contributed by atoms with Crippen molar-refractivity contribution in [3.05, 3.63) is 27.6 Å². The second kappa shape index (κ2) is 5.91. The first kappa shape index (κ1) is 16.2. The predicted octanol–water partition coefficient (Wildman–Crippen LogP) is 1.88. The van der Waals surface area contributed by atoms with Gasteiger partial charge < -0.3 is 14.8 Å². The van der Waals surface area contributed by atoms with E-state index in [1.54, 1.807) is 0 Å². The van der Waals surface area contributed by atoms with E-state index in [1.807, 2.05) is 18.4 Å². The molecule has 4 rings (SSSR count). The lowest BCUT2D eigenvalue weighted by atomic mass is 9.78. The van der Waals surface area contributed by atoms with Crippen molar-refractivity contribution in [2.45, 2.75) is 50.4 Å². The Morgan fingerprint density at radius 2 is 2.21 bits per heavy atom. The molecule has 4 heterocycles. The van der Waals surface area contributed by atoms with Crippen LogP contribution in [0.1, 0.15) is 38.4 Å². The van der Waals surface area contributed by atoms with Gasteiger partial charge in [-0.25, -0.2) is 4.98 Å². The molecule has 0 radical (unpaired) electrons. The lowest BCUT2D eigenvalue weighted by Crippen LogP contribution is -2.53. The summed E-state index contributed by atoms with van der Waals surface area (Å²) in [5.74, 6) is 0.721. The van der Waals surface area contributed by atoms with Gasteiger partial charge in [0.25, 0.3) is 5.56 Å². The number of hydrogen-bond donors (Lipinski definition) is 2. The maximum Gasteiger partial charge on any atom is 0.268 e. The van der Waals surface area contributed by atoms with Crippen LogP contribution in [0.4, 0.5) is 0 Å². The molecule has 0 amide bonds. The predicted molar refractivity (Wildman–Crippen MR) is 93.3 cm³/mol. The normalized spacial score (nSPS) is 27.8. The molecule has 2 aromatic heterocycles. The average molecular weight is 349 g/mol. The van der Waals surface area contributed by atoms with Crippen LogP contribution in [0.3, 0.4) is 0 Å². The van der Waals surface area contributed by atoms with E-state index in [1.165, 1.54) is 11.3 Å². The Morgan fingerprint density at radius 3 is 2.96 bits per heavy atom. The van der Waals surface area contributed by atoms with E-state index in [2.05, 4.69) is 14.9 Å². The van der Waals surface area contributed by atoms with Crippen molar-refractivity contribution in [2.75, 3.05) is 19.7 Å². The van der Waals surface area contributed by atoms with Crippen LogP contribution in [0.2, 0.25) is 0 Å². The number of aromatic nitrogens is 2. The number of nitrogens with one attached hydrogen (secondary N) is 1. The number of nitrogens with zero attached hydrogens (tertiary/aromatic N) is 2. The van der Waals surface area contributed by atoms with Gasteiger partial charge in [0.2, 0.25) is 0 Å². The van der Waals surface area contributed by atoms with Crippen molar-refractivity contribution >= 4 is 21.6 Å². The van der Waals surface area contributed by atoms with Crippen LogP contribution in [0.15, 0.2) is 16.2 Å². The van der Waals surface area contributed by atoms with Crippen LogP contribution < -0.4 is 5.56 Å². The molecule has 130 valence electrons. The van der Waals surface area contributed by atoms with Crippen LogP contribution in [0.25, 0.3) is 10.2 Å². The quantitative estimate of drug-likeness (QED) is 0.865. The van der Waals surface area contributed by atoms with Crippen molar-refractivity contribution in [3.8, 4) is 0 Å². The summed E-state index contributed by atoms with van der Waals surface area (Å²) in [7, 11) is 0. The second-order valence-corrected chi connectivity index (χ2v) is 8.30. The Kier molecular flexibility index (Phi) is 3.99. The maximum atomic E-state index is 12.1. The second-order valence-electron chi connectivity index (χ2n) is 7.38. The molecule has 1 unspecified atom stereocenters. The standard InChI is InChI=1S/C17H23N3O3S/c1-16(22)5-8-23-17(11-16)3-6-20(7-4-17)10-13-18-12-2-9-24-14(12)15(21)19-13/h2,9,22H,3-8,10-11H2,1H3,(H,18,19,21). The van der Waals surface area contributed by atoms with E-state index in [0.29, 0.717) is 30.7 Å². The molecule has 0 aliphatic carbocycles. The first-order valence-electron chi connectivity index (χ1n) is 8.50. The van der Waals surface area contributed by atoms with Gasteiger partial charge in [0, 0.05) is 19.5 Å². The van der Waals surface area contributed by atoms with E-state index < -0.39 is 5.60 Å². The van der Waals surface area contributed by atoms with Gasteiger partial charge in [0.15, 0.2) is 0 Å². The smallest absolute Gasteiger partial charge is 0.268 e. The summed E-state index contributed by atoms with van der Waals surface area (Å²) >= 11 is 1.42. The number of fused-ring (bicyclic) bond motifs is 1. The number of likely N-dealkylation sites (tertiary alicyclic amines) is 1. The zero-order valence-electron chi connectivity index (χ0n) is 13.9. The van der Waals surface area contributed by atoms with Gasteiger partial charge in [-0.3, -0.25) is 9.69 Å². The largest absolute Gasteiger partial charge is 0.390 e. The highest BCUT2D eigenvalue weighted by Gasteiger charge is 2.44. The SMILES string of the molecule is CC1(O)CCOC2(CCN(Cc3nc4ccsc4c(=O)[nH]3)CC2)C1. The summed E-state index contributed by atoms with van der Waals surface area (Å²) in [4.78, 5) is 21.8. The molecule has 2 fully saturated rings. The summed E-state index contributed by atoms with van der Waals surface area (Å²) < 4.78 is 6.74. The number of hydrogen-bond acceptors (Lipinski definition) is 6. The first-order chi connectivity index (χ1) is 11.4. The number of thiophene rings is 1. The Morgan fingerprint density at radius 1 is 1.42 bits per heavy atom. The zero-order valence-corrected chi connectivity index (χ0v) is 14.7. The van der Waals surface area contributed by atoms with Crippen LogP contribution in [0, 0.1) is 0 Å². The average Bonchev–Trinajstić information content (AvgIpc) is 2.98. The third-order valence-corrected chi connectivity index (χ3v) is 6.16. The van der Waals surface area contributed by atoms with E-state index >= 15 is 0 Å². The molecule has 6 nitrogen and oxygen atoms in total. The minimum absolute atomic E-state index is 0.0508. The van der Waals surface area contributed by atoms with Gasteiger partial charge >= 0.3 is 0 Å². The summed E-state index contributed by atoms with van der Waals surface area (Å²) in [6, 6.07) is 1.89. The fraction of sp³-hybridized carbons (Fsp3) is 0.647. The number of ether oxygens (including phenoxy) is 1. The van der Waals surface area contributed by atoms with Crippen LogP contribution in [-0.2, 0) is 11.3 Å². The fourth-order valence-electron chi connectivity index (χ4n) is 3.97. The van der Waals surface area contributed by atoms with Gasteiger partial charge in [0.05, 0.1) is 29.9 Å². The molecule has 24 heavy (non-hydrogen) atoms. The van der Waals surface area contributed by atoms with Crippen molar-refractivity contribution < 1.29 is 9.84 Å². The van der Waals surface area contributed by atoms with E-state index in [4.69, 9.17) is 4.74 Å². The summed E-state index contributed by atoms with van der Waals surface area (Å²) in [5.41, 5.74) is -0.0721. The Bertz CT molecular complexity index is 790. The molecular formula is C17H23N3O3S. The summed E-state index contributed by atoms with van der Waals surface area (Å²) in [5, 5.41) is 12.3. The molecule has 0 aromatic carbocycles. The highest BCUT2D eigenvalue weighted by Crippen LogP contribution is 2.39. The Hall–Kier alpha value is -1.28. The van der Waals surface area contributed by atoms with Gasteiger partial charge in [0.1, 0.15) is 10.5 Å². The van der Waals surface area contributed by atoms with Crippen LogP contribution in [-0.4, -0.2) is 50.9 Å². The van der Waals surface area contributed by atoms with Crippen molar-refractivity contribution in [1.29, 1.82) is 0 Å². The molecule has 2 aromatic rings. The van der Waals surface area contributed by atoms with Crippen molar-refractivity contribution in [1.82, 2.24) is 14.9 Å². The number of rotatable bonds is 2. The molecule has 2 saturated heterocycles. The Labute approximate surface area is 144 Å². The van der Waals surface area contributed by atoms with Gasteiger partial charge in [-0.1, -0.05) is 0 Å². The number of H-pyrrole nitrogens is 1. The molecule has 2 aliphatic rings. The lowest BCUT2D eigenvalue weighted by Gasteiger charge is -2.48. The monoisotopic (exact) mass is 349 g/mol. The highest BCUT2D eigenvalue weighted by molar-refractivity contribution is 7.17. The lowest BCUT2D eigenvalue weighted by molar-refractivity contribution is -0.173. The van der Waals surface area contributed by atoms with E-state index in [9.17, 15) is 9.90 Å². The van der Waals surface area contributed by atoms with Gasteiger partial charge in [-0.05, 0) is 37.6 Å². The summed E-state index contributed by atoms with van der Waals surface area (Å²) in [6.07, 6.45) is 3.25. The van der Waals surface area contributed by atoms with Gasteiger partial charge in [-0.15, -0.1) is 11.3 Å². The fourth-order valence-corrected chi connectivity index (χ4v) is 4.69. The molecular weight excluding hydrogens is 326 g/mol. The number of aliphatic hydroxyl groups is 1. The van der Waals surface area contributed by atoms with Crippen LogP contribution >= 0.6 is 11.3 Å². The molecule has 7 heteroatoms. The molecule has 0 saturated carbocycles. The van der Waals surface area contributed by atoms with E-state index in [0.717, 1.165) is 37.3 Å². The minimum Gasteiger partial charge on any atom is -0.390 e. The molecule has 2 N–H and O–H groups in total. The first-order valence-corrected chi connectivity index (χ1v) is 9.38. The number of aromatic amines is 1. The third-order valence-electron chi connectivity index (χ3n) is 5.26. The third kappa shape index (κ3) is 3.13. The minimum atomic E-state index is -0.614. The van der Waals surface area contributed by atoms with Gasteiger partial charge in [-0.2, -0.15) is 0 Å². The van der Waals surface area contributed by atoms with Crippen LogP contribution in [0.5, 0.6) is 0 Å². The zero-order chi connectivity index (χ0) is 16.8.